The number of ether oxygens (including phenoxy) is 1. The first-order valence-electron chi connectivity index (χ1n) is 9.73. The summed E-state index contributed by atoms with van der Waals surface area (Å²) in [6.45, 7) is 1.37. The van der Waals surface area contributed by atoms with E-state index in [0.29, 0.717) is 0 Å². The van der Waals surface area contributed by atoms with Gasteiger partial charge in [0, 0.05) is 23.1 Å². The van der Waals surface area contributed by atoms with Crippen molar-refractivity contribution in [2.75, 3.05) is 7.11 Å². The lowest BCUT2D eigenvalue weighted by Crippen LogP contribution is -2.33. The highest BCUT2D eigenvalue weighted by Crippen LogP contribution is 2.50. The fourth-order valence-corrected chi connectivity index (χ4v) is 4.77. The predicted molar refractivity (Wildman–Crippen MR) is 106 cm³/mol. The van der Waals surface area contributed by atoms with Crippen LogP contribution >= 0.6 is 0 Å². The summed E-state index contributed by atoms with van der Waals surface area (Å²) in [6.07, 6.45) is -1.28. The summed E-state index contributed by atoms with van der Waals surface area (Å²) in [6, 6.07) is 5.39. The lowest BCUT2D eigenvalue weighted by atomic mass is 9.69. The average Bonchev–Trinajstić information content (AvgIpc) is 2.70. The first-order valence-corrected chi connectivity index (χ1v) is 9.73. The van der Waals surface area contributed by atoms with Crippen molar-refractivity contribution in [3.63, 3.8) is 0 Å². The van der Waals surface area contributed by atoms with Gasteiger partial charge in [-0.1, -0.05) is 12.1 Å². The van der Waals surface area contributed by atoms with Crippen molar-refractivity contribution in [3.8, 4) is 11.5 Å². The molecule has 8 heteroatoms. The zero-order chi connectivity index (χ0) is 22.6. The molecule has 0 amide bonds. The van der Waals surface area contributed by atoms with Crippen LogP contribution in [0.5, 0.6) is 11.5 Å². The molecule has 0 heterocycles. The van der Waals surface area contributed by atoms with Crippen LogP contribution in [0.2, 0.25) is 0 Å². The van der Waals surface area contributed by atoms with E-state index in [9.17, 15) is 34.5 Å². The van der Waals surface area contributed by atoms with Gasteiger partial charge in [0.05, 0.1) is 30.3 Å². The molecule has 3 N–H and O–H groups in total. The topological polar surface area (TPSA) is 138 Å². The van der Waals surface area contributed by atoms with Crippen LogP contribution in [-0.4, -0.2) is 45.7 Å². The fourth-order valence-electron chi connectivity index (χ4n) is 4.77. The lowest BCUT2D eigenvalue weighted by molar-refractivity contribution is -0.144. The molecule has 4 rings (SSSR count). The van der Waals surface area contributed by atoms with Crippen LogP contribution in [0.1, 0.15) is 74.8 Å². The summed E-state index contributed by atoms with van der Waals surface area (Å²) >= 11 is 0. The highest BCUT2D eigenvalue weighted by atomic mass is 16.5. The number of benzene rings is 2. The summed E-state index contributed by atoms with van der Waals surface area (Å²) in [5.41, 5.74) is -0.608. The molecular weight excluding hydrogens is 404 g/mol. The van der Waals surface area contributed by atoms with E-state index in [1.54, 1.807) is 0 Å². The van der Waals surface area contributed by atoms with Crippen LogP contribution < -0.4 is 0 Å². The Morgan fingerprint density at radius 2 is 1.81 bits per heavy atom. The van der Waals surface area contributed by atoms with E-state index < -0.39 is 47.0 Å². The molecule has 2 aliphatic carbocycles. The minimum absolute atomic E-state index is 0.00229. The van der Waals surface area contributed by atoms with Gasteiger partial charge in [0.15, 0.2) is 5.78 Å². The Labute approximate surface area is 177 Å². The third-order valence-electron chi connectivity index (χ3n) is 6.03. The number of aliphatic hydroxyl groups is 1. The van der Waals surface area contributed by atoms with Crippen molar-refractivity contribution in [2.24, 2.45) is 5.92 Å². The maximum atomic E-state index is 13.1. The summed E-state index contributed by atoms with van der Waals surface area (Å²) in [5.74, 6) is -4.83. The molecule has 8 nitrogen and oxygen atoms in total. The number of carbonyl (C=O) groups is 4. The summed E-state index contributed by atoms with van der Waals surface area (Å²) in [7, 11) is 1.18. The van der Waals surface area contributed by atoms with E-state index in [1.807, 2.05) is 0 Å². The Bertz CT molecular complexity index is 1160. The highest BCUT2D eigenvalue weighted by Gasteiger charge is 2.45. The SMILES string of the molecule is COC(=O)C1c2cc3c(c(O)c2C(O)CC1CC(C)=O)C(=O)c1c(O)cccc1C3=O. The number of Topliss-reactive ketones (excluding diaryl/α,β-unsaturated/α-hetero) is 1. The zero-order valence-corrected chi connectivity index (χ0v) is 16.8. The van der Waals surface area contributed by atoms with Crippen molar-refractivity contribution >= 4 is 23.3 Å². The number of carbonyl (C=O) groups excluding carboxylic acids is 4. The molecule has 0 aromatic heterocycles. The number of hydrogen-bond acceptors (Lipinski definition) is 8. The van der Waals surface area contributed by atoms with Gasteiger partial charge >= 0.3 is 5.97 Å². The molecule has 2 aliphatic rings. The number of phenolic OH excluding ortho intramolecular Hbond substituents is 2. The Morgan fingerprint density at radius 1 is 1.10 bits per heavy atom. The van der Waals surface area contributed by atoms with Crippen LogP contribution in [0.3, 0.4) is 0 Å². The van der Waals surface area contributed by atoms with Gasteiger partial charge in [-0.2, -0.15) is 0 Å². The first-order chi connectivity index (χ1) is 14.7. The molecule has 0 bridgehead atoms. The molecule has 2 aromatic rings. The molecule has 0 fully saturated rings. The first kappa shape index (κ1) is 20.7. The molecule has 160 valence electrons. The van der Waals surface area contributed by atoms with E-state index in [4.69, 9.17) is 4.74 Å². The number of aliphatic hydroxyl groups excluding tert-OH is 1. The lowest BCUT2D eigenvalue weighted by Gasteiger charge is -2.36. The maximum Gasteiger partial charge on any atom is 0.313 e. The second-order valence-corrected chi connectivity index (χ2v) is 7.93. The summed E-state index contributed by atoms with van der Waals surface area (Å²) < 4.78 is 4.90. The van der Waals surface area contributed by atoms with Crippen LogP contribution in [0.25, 0.3) is 0 Å². The van der Waals surface area contributed by atoms with E-state index in [2.05, 4.69) is 0 Å². The average molecular weight is 424 g/mol. The molecular formula is C23H20O8. The maximum absolute atomic E-state index is 13.1. The number of hydrogen-bond donors (Lipinski definition) is 3. The van der Waals surface area contributed by atoms with Crippen molar-refractivity contribution in [3.05, 3.63) is 57.6 Å². The molecule has 0 spiro atoms. The molecule has 0 aliphatic heterocycles. The van der Waals surface area contributed by atoms with Crippen LogP contribution in [0.15, 0.2) is 24.3 Å². The van der Waals surface area contributed by atoms with E-state index in [1.165, 1.54) is 38.3 Å². The van der Waals surface area contributed by atoms with Crippen molar-refractivity contribution < 1.29 is 39.2 Å². The quantitative estimate of drug-likeness (QED) is 0.544. The number of rotatable bonds is 3. The molecule has 0 saturated heterocycles. The molecule has 3 atom stereocenters. The van der Waals surface area contributed by atoms with Gasteiger partial charge in [-0.25, -0.2) is 0 Å². The predicted octanol–water partition coefficient (Wildman–Crippen LogP) is 2.16. The van der Waals surface area contributed by atoms with Gasteiger partial charge < -0.3 is 24.9 Å². The number of fused-ring (bicyclic) bond motifs is 3. The Hall–Kier alpha value is -3.52. The highest BCUT2D eigenvalue weighted by molar-refractivity contribution is 6.30. The van der Waals surface area contributed by atoms with Gasteiger partial charge in [-0.05, 0) is 37.0 Å². The largest absolute Gasteiger partial charge is 0.507 e. The fraction of sp³-hybridized carbons (Fsp3) is 0.304. The number of phenols is 2. The Morgan fingerprint density at radius 3 is 2.45 bits per heavy atom. The minimum atomic E-state index is -1.26. The summed E-state index contributed by atoms with van der Waals surface area (Å²) in [5, 5.41) is 31.8. The molecule has 31 heavy (non-hydrogen) atoms. The van der Waals surface area contributed by atoms with E-state index in [0.717, 1.165) is 0 Å². The minimum Gasteiger partial charge on any atom is -0.507 e. The molecule has 0 radical (unpaired) electrons. The van der Waals surface area contributed by atoms with Crippen molar-refractivity contribution in [1.29, 1.82) is 0 Å². The third kappa shape index (κ3) is 3.02. The number of esters is 1. The van der Waals surface area contributed by atoms with Gasteiger partial charge in [0.1, 0.15) is 17.3 Å². The van der Waals surface area contributed by atoms with Gasteiger partial charge in [0.2, 0.25) is 5.78 Å². The van der Waals surface area contributed by atoms with Crippen molar-refractivity contribution in [2.45, 2.75) is 31.8 Å². The van der Waals surface area contributed by atoms with Crippen LogP contribution in [0.4, 0.5) is 0 Å². The monoisotopic (exact) mass is 424 g/mol. The normalized spacial score (nSPS) is 21.7. The number of ketones is 3. The standard InChI is InChI=1S/C23H20O8/c1-9(24)6-10-7-15(26)18-12(16(10)23(30)31-2)8-13-19(22(18)29)21(28)17-11(20(13)27)4-3-5-14(17)25/h3-5,8,10,15-16,25-26,29H,6-7H2,1-2H3. The second-order valence-electron chi connectivity index (χ2n) is 7.93. The van der Waals surface area contributed by atoms with Gasteiger partial charge in [-0.15, -0.1) is 0 Å². The Balaban J connectivity index is 1.99. The van der Waals surface area contributed by atoms with Gasteiger partial charge in [0.25, 0.3) is 0 Å². The second kappa shape index (κ2) is 7.31. The van der Waals surface area contributed by atoms with Crippen LogP contribution in [0, 0.1) is 5.92 Å². The van der Waals surface area contributed by atoms with Crippen molar-refractivity contribution in [1.82, 2.24) is 0 Å². The Kier molecular flexibility index (Phi) is 4.89. The third-order valence-corrected chi connectivity index (χ3v) is 6.03. The molecule has 3 unspecified atom stereocenters. The number of aromatic hydroxyl groups is 2. The number of methoxy groups -OCH3 is 1. The summed E-state index contributed by atoms with van der Waals surface area (Å²) in [4.78, 5) is 50.6. The zero-order valence-electron chi connectivity index (χ0n) is 16.8. The van der Waals surface area contributed by atoms with Gasteiger partial charge in [-0.3, -0.25) is 14.4 Å². The van der Waals surface area contributed by atoms with E-state index >= 15 is 0 Å². The molecule has 2 aromatic carbocycles. The van der Waals surface area contributed by atoms with Crippen LogP contribution in [-0.2, 0) is 14.3 Å². The smallest absolute Gasteiger partial charge is 0.313 e. The van der Waals surface area contributed by atoms with E-state index in [-0.39, 0.29) is 52.0 Å². The molecule has 0 saturated carbocycles.